The second-order valence-electron chi connectivity index (χ2n) is 6.78. The van der Waals surface area contributed by atoms with E-state index >= 15 is 0 Å². The first-order valence-corrected chi connectivity index (χ1v) is 10.8. The summed E-state index contributed by atoms with van der Waals surface area (Å²) in [6.45, 7) is 7.01. The van der Waals surface area contributed by atoms with Crippen LogP contribution in [0.3, 0.4) is 0 Å². The van der Waals surface area contributed by atoms with Gasteiger partial charge >= 0.3 is 0 Å². The van der Waals surface area contributed by atoms with E-state index in [1.54, 1.807) is 7.05 Å². The summed E-state index contributed by atoms with van der Waals surface area (Å²) in [6, 6.07) is 8.32. The van der Waals surface area contributed by atoms with Gasteiger partial charge in [0, 0.05) is 35.8 Å². The maximum atomic E-state index is 11.3. The van der Waals surface area contributed by atoms with Gasteiger partial charge in [-0.05, 0) is 31.0 Å². The van der Waals surface area contributed by atoms with Gasteiger partial charge < -0.3 is 10.6 Å². The molecule has 0 aliphatic rings. The Balaban J connectivity index is 0.00000576. The number of hydrogen-bond acceptors (Lipinski definition) is 3. The molecular weight excluding hydrogens is 517 g/mol. The zero-order chi connectivity index (χ0) is 18.4. The molecule has 1 unspecified atom stereocenters. The summed E-state index contributed by atoms with van der Waals surface area (Å²) in [5, 5.41) is 6.57. The van der Waals surface area contributed by atoms with Crippen molar-refractivity contribution in [3.63, 3.8) is 0 Å². The van der Waals surface area contributed by atoms with Crippen LogP contribution in [0.4, 0.5) is 0 Å². The van der Waals surface area contributed by atoms with Gasteiger partial charge in [-0.2, -0.15) is 0 Å². The van der Waals surface area contributed by atoms with Crippen molar-refractivity contribution >= 4 is 55.7 Å². The van der Waals surface area contributed by atoms with Gasteiger partial charge in [0.2, 0.25) is 0 Å². The Bertz CT molecular complexity index is 661. The Morgan fingerprint density at radius 3 is 2.32 bits per heavy atom. The van der Waals surface area contributed by atoms with Gasteiger partial charge in [0.05, 0.1) is 5.75 Å². The lowest BCUT2D eigenvalue weighted by Gasteiger charge is -2.27. The third-order valence-corrected chi connectivity index (χ3v) is 5.36. The molecule has 0 saturated heterocycles. The highest BCUT2D eigenvalue weighted by atomic mass is 127. The number of benzene rings is 1. The number of hydrogen-bond donors (Lipinski definition) is 2. The van der Waals surface area contributed by atoms with Crippen LogP contribution in [0, 0.1) is 0 Å². The first-order chi connectivity index (χ1) is 11.0. The van der Waals surface area contributed by atoms with Gasteiger partial charge in [-0.15, -0.1) is 24.0 Å². The molecule has 1 rings (SSSR count). The van der Waals surface area contributed by atoms with E-state index in [1.165, 1.54) is 11.8 Å². The highest BCUT2D eigenvalue weighted by Crippen LogP contribution is 2.23. The molecule has 2 N–H and O–H groups in total. The molecule has 5 nitrogen and oxygen atoms in total. The lowest BCUT2D eigenvalue weighted by molar-refractivity contribution is 0.503. The molecule has 0 heterocycles. The molecule has 0 bridgehead atoms. The van der Waals surface area contributed by atoms with Gasteiger partial charge in [0.25, 0.3) is 0 Å². The van der Waals surface area contributed by atoms with E-state index in [4.69, 9.17) is 0 Å². The summed E-state index contributed by atoms with van der Waals surface area (Å²) >= 11 is 3.45. The molecule has 0 saturated carbocycles. The van der Waals surface area contributed by atoms with Crippen molar-refractivity contribution in [2.45, 2.75) is 38.6 Å². The standard InChI is InChI=1S/C17H28BrN3O2S.HI/c1-13(10-11-24(5,22)23)21-16(19-4)20-12-17(2,3)14-6-8-15(18)9-7-14;/h6-9,13H,10-12H2,1-5H3,(H2,19,20,21);1H. The van der Waals surface area contributed by atoms with Crippen molar-refractivity contribution in [3.8, 4) is 0 Å². The van der Waals surface area contributed by atoms with Crippen LogP contribution in [-0.2, 0) is 15.3 Å². The van der Waals surface area contributed by atoms with Crippen molar-refractivity contribution in [3.05, 3.63) is 34.3 Å². The molecule has 0 radical (unpaired) electrons. The summed E-state index contributed by atoms with van der Waals surface area (Å²) in [5.41, 5.74) is 1.17. The summed E-state index contributed by atoms with van der Waals surface area (Å²) in [7, 11) is -1.23. The van der Waals surface area contributed by atoms with Gasteiger partial charge in [-0.1, -0.05) is 41.9 Å². The Morgan fingerprint density at radius 1 is 1.28 bits per heavy atom. The molecule has 1 atom stereocenters. The molecular formula is C17H29BrIN3O2S. The van der Waals surface area contributed by atoms with Crippen LogP contribution in [0.1, 0.15) is 32.8 Å². The Morgan fingerprint density at radius 2 is 1.84 bits per heavy atom. The predicted molar refractivity (Wildman–Crippen MR) is 121 cm³/mol. The number of nitrogens with zero attached hydrogens (tertiary/aromatic N) is 1. The number of guanidine groups is 1. The molecule has 0 aliphatic carbocycles. The number of aliphatic imine (C=N–C) groups is 1. The molecule has 0 aliphatic heterocycles. The van der Waals surface area contributed by atoms with Crippen LogP contribution in [0.15, 0.2) is 33.7 Å². The largest absolute Gasteiger partial charge is 0.356 e. The predicted octanol–water partition coefficient (Wildman–Crippen LogP) is 3.33. The maximum Gasteiger partial charge on any atom is 0.191 e. The fourth-order valence-corrected chi connectivity index (χ4v) is 3.24. The van der Waals surface area contributed by atoms with Crippen LogP contribution in [0.25, 0.3) is 0 Å². The SMILES string of the molecule is CN=C(NCC(C)(C)c1ccc(Br)cc1)NC(C)CCS(C)(=O)=O.I. The number of nitrogens with one attached hydrogen (secondary N) is 2. The highest BCUT2D eigenvalue weighted by molar-refractivity contribution is 14.0. The monoisotopic (exact) mass is 545 g/mol. The van der Waals surface area contributed by atoms with E-state index < -0.39 is 9.84 Å². The van der Waals surface area contributed by atoms with E-state index in [1.807, 2.05) is 19.1 Å². The quantitative estimate of drug-likeness (QED) is 0.313. The average Bonchev–Trinajstić information content (AvgIpc) is 2.49. The van der Waals surface area contributed by atoms with Gasteiger partial charge in [-0.25, -0.2) is 8.42 Å². The molecule has 1 aromatic carbocycles. The fourth-order valence-electron chi connectivity index (χ4n) is 2.20. The topological polar surface area (TPSA) is 70.6 Å². The highest BCUT2D eigenvalue weighted by Gasteiger charge is 2.21. The minimum Gasteiger partial charge on any atom is -0.356 e. The molecule has 25 heavy (non-hydrogen) atoms. The zero-order valence-corrected chi connectivity index (χ0v) is 20.2. The number of halogens is 2. The first-order valence-electron chi connectivity index (χ1n) is 7.94. The zero-order valence-electron chi connectivity index (χ0n) is 15.5. The lowest BCUT2D eigenvalue weighted by atomic mass is 9.85. The molecule has 1 aromatic rings. The van der Waals surface area contributed by atoms with Crippen molar-refractivity contribution in [2.75, 3.05) is 25.6 Å². The molecule has 0 aromatic heterocycles. The minimum atomic E-state index is -2.94. The van der Waals surface area contributed by atoms with Crippen LogP contribution in [0.5, 0.6) is 0 Å². The van der Waals surface area contributed by atoms with Gasteiger partial charge in [0.15, 0.2) is 5.96 Å². The van der Waals surface area contributed by atoms with Gasteiger partial charge in [0.1, 0.15) is 9.84 Å². The third-order valence-electron chi connectivity index (χ3n) is 3.85. The molecule has 0 fully saturated rings. The van der Waals surface area contributed by atoms with E-state index in [0.717, 1.165) is 4.47 Å². The van der Waals surface area contributed by atoms with Crippen LogP contribution >= 0.6 is 39.9 Å². The average molecular weight is 546 g/mol. The smallest absolute Gasteiger partial charge is 0.191 e. The molecule has 144 valence electrons. The van der Waals surface area contributed by atoms with Crippen LogP contribution < -0.4 is 10.6 Å². The number of rotatable bonds is 7. The van der Waals surface area contributed by atoms with E-state index in [-0.39, 0.29) is 41.2 Å². The maximum absolute atomic E-state index is 11.3. The normalized spacial score (nSPS) is 13.8. The Kier molecular flexibility index (Phi) is 10.6. The summed E-state index contributed by atoms with van der Waals surface area (Å²) in [6.07, 6.45) is 1.81. The van der Waals surface area contributed by atoms with Crippen molar-refractivity contribution < 1.29 is 8.42 Å². The first kappa shape index (κ1) is 24.7. The minimum absolute atomic E-state index is 0. The Labute approximate surface area is 177 Å². The second kappa shape index (κ2) is 10.7. The van der Waals surface area contributed by atoms with Gasteiger partial charge in [-0.3, -0.25) is 4.99 Å². The van der Waals surface area contributed by atoms with Crippen LogP contribution in [0.2, 0.25) is 0 Å². The fraction of sp³-hybridized carbons (Fsp3) is 0.588. The van der Waals surface area contributed by atoms with Crippen LogP contribution in [-0.4, -0.2) is 46.0 Å². The molecule has 0 spiro atoms. The van der Waals surface area contributed by atoms with Crippen molar-refractivity contribution in [2.24, 2.45) is 4.99 Å². The molecule has 8 heteroatoms. The van der Waals surface area contributed by atoms with E-state index in [9.17, 15) is 8.42 Å². The Hall–Kier alpha value is -0.350. The molecule has 0 amide bonds. The van der Waals surface area contributed by atoms with Crippen molar-refractivity contribution in [1.82, 2.24) is 10.6 Å². The summed E-state index contributed by atoms with van der Waals surface area (Å²) < 4.78 is 23.6. The third kappa shape index (κ3) is 9.79. The van der Waals surface area contributed by atoms with Crippen molar-refractivity contribution in [1.29, 1.82) is 0 Å². The number of sulfone groups is 1. The summed E-state index contributed by atoms with van der Waals surface area (Å²) in [5.74, 6) is 0.851. The lowest BCUT2D eigenvalue weighted by Crippen LogP contribution is -2.46. The second-order valence-corrected chi connectivity index (χ2v) is 9.96. The van der Waals surface area contributed by atoms with E-state index in [2.05, 4.69) is 57.5 Å². The summed E-state index contributed by atoms with van der Waals surface area (Å²) in [4.78, 5) is 4.22. The van der Waals surface area contributed by atoms with E-state index in [0.29, 0.717) is 18.9 Å².